The van der Waals surface area contributed by atoms with E-state index in [0.29, 0.717) is 6.54 Å². The molecule has 3 nitrogen and oxygen atoms in total. The minimum absolute atomic E-state index is 0.00152. The molecule has 1 heterocycles. The first-order valence-electron chi connectivity index (χ1n) is 7.04. The van der Waals surface area contributed by atoms with Crippen molar-refractivity contribution in [2.45, 2.75) is 18.9 Å². The van der Waals surface area contributed by atoms with Crippen molar-refractivity contribution in [3.8, 4) is 0 Å². The van der Waals surface area contributed by atoms with Crippen LogP contribution in [0.2, 0.25) is 0 Å². The largest absolute Gasteiger partial charge is 0.384 e. The number of rotatable bonds is 3. The molecule has 2 aromatic rings. The van der Waals surface area contributed by atoms with Crippen LogP contribution in [0.25, 0.3) is 0 Å². The third kappa shape index (κ3) is 2.95. The third-order valence-corrected chi connectivity index (χ3v) is 4.41. The molecule has 0 saturated carbocycles. The Morgan fingerprint density at radius 1 is 1.24 bits per heavy atom. The van der Waals surface area contributed by atoms with E-state index >= 15 is 0 Å². The summed E-state index contributed by atoms with van der Waals surface area (Å²) in [6.07, 6.45) is 0. The van der Waals surface area contributed by atoms with Crippen LogP contribution >= 0.6 is 15.9 Å². The molecule has 0 saturated heterocycles. The van der Waals surface area contributed by atoms with Gasteiger partial charge in [-0.25, -0.2) is 0 Å². The molecule has 1 aliphatic rings. The summed E-state index contributed by atoms with van der Waals surface area (Å²) in [5.41, 5.74) is 3.25. The van der Waals surface area contributed by atoms with Gasteiger partial charge in [-0.2, -0.15) is 0 Å². The summed E-state index contributed by atoms with van der Waals surface area (Å²) in [6, 6.07) is 16.0. The van der Waals surface area contributed by atoms with Gasteiger partial charge in [0, 0.05) is 16.7 Å². The van der Waals surface area contributed by atoms with E-state index in [1.54, 1.807) is 0 Å². The lowest BCUT2D eigenvalue weighted by atomic mass is 9.99. The van der Waals surface area contributed by atoms with Gasteiger partial charge in [-0.05, 0) is 36.2 Å². The second-order valence-electron chi connectivity index (χ2n) is 5.30. The number of nitrogens with one attached hydrogen (secondary N) is 2. The molecule has 2 atom stereocenters. The Morgan fingerprint density at radius 2 is 1.95 bits per heavy atom. The van der Waals surface area contributed by atoms with Crippen LogP contribution in [0.4, 0.5) is 5.69 Å². The lowest BCUT2D eigenvalue weighted by Crippen LogP contribution is -2.32. The summed E-state index contributed by atoms with van der Waals surface area (Å²) < 4.78 is 1.04. The van der Waals surface area contributed by atoms with Crippen LogP contribution in [-0.2, 0) is 4.79 Å². The van der Waals surface area contributed by atoms with Crippen molar-refractivity contribution in [3.63, 3.8) is 0 Å². The van der Waals surface area contributed by atoms with Crippen molar-refractivity contribution in [3.05, 3.63) is 64.1 Å². The molecule has 4 heteroatoms. The monoisotopic (exact) mass is 344 g/mol. The smallest absolute Gasteiger partial charge is 0.229 e. The summed E-state index contributed by atoms with van der Waals surface area (Å²) in [7, 11) is 0. The number of para-hydroxylation sites is 1. The molecular formula is C17H17BrN2O. The average molecular weight is 345 g/mol. The van der Waals surface area contributed by atoms with Crippen molar-refractivity contribution in [1.29, 1.82) is 0 Å². The van der Waals surface area contributed by atoms with E-state index in [4.69, 9.17) is 0 Å². The van der Waals surface area contributed by atoms with Gasteiger partial charge in [0.1, 0.15) is 0 Å². The van der Waals surface area contributed by atoms with Crippen LogP contribution < -0.4 is 10.6 Å². The summed E-state index contributed by atoms with van der Waals surface area (Å²) in [5, 5.41) is 6.39. The highest BCUT2D eigenvalue weighted by Gasteiger charge is 2.28. The molecule has 2 N–H and O–H groups in total. The molecule has 108 valence electrons. The number of amides is 1. The van der Waals surface area contributed by atoms with Crippen molar-refractivity contribution in [2.24, 2.45) is 0 Å². The zero-order chi connectivity index (χ0) is 14.8. The topological polar surface area (TPSA) is 41.1 Å². The summed E-state index contributed by atoms with van der Waals surface area (Å²) in [5.74, 6) is -0.0398. The van der Waals surface area contributed by atoms with E-state index in [2.05, 4.69) is 26.6 Å². The standard InChI is InChI=1S/C17H17BrN2O/c1-11(12-6-8-13(18)9-7-12)20-17(21)15-10-19-16-5-3-2-4-14(15)16/h2-9,11,15,19H,10H2,1H3,(H,20,21)/t11-,15?/m1/s1. The van der Waals surface area contributed by atoms with Gasteiger partial charge in [0.2, 0.25) is 5.91 Å². The summed E-state index contributed by atoms with van der Waals surface area (Å²) in [4.78, 5) is 12.5. The first-order chi connectivity index (χ1) is 10.1. The van der Waals surface area contributed by atoms with Gasteiger partial charge in [-0.15, -0.1) is 0 Å². The normalized spacial score (nSPS) is 17.7. The van der Waals surface area contributed by atoms with Crippen LogP contribution in [0.5, 0.6) is 0 Å². The summed E-state index contributed by atoms with van der Waals surface area (Å²) >= 11 is 3.42. The van der Waals surface area contributed by atoms with Crippen molar-refractivity contribution in [2.75, 3.05) is 11.9 Å². The molecular weight excluding hydrogens is 328 g/mol. The van der Waals surface area contributed by atoms with Gasteiger partial charge < -0.3 is 10.6 Å². The van der Waals surface area contributed by atoms with Gasteiger partial charge in [-0.3, -0.25) is 4.79 Å². The molecule has 0 aliphatic carbocycles. The minimum Gasteiger partial charge on any atom is -0.384 e. The van der Waals surface area contributed by atoms with Crippen LogP contribution in [-0.4, -0.2) is 12.5 Å². The second-order valence-corrected chi connectivity index (χ2v) is 6.22. The number of hydrogen-bond acceptors (Lipinski definition) is 2. The Kier molecular flexibility index (Phi) is 3.97. The molecule has 0 aromatic heterocycles. The van der Waals surface area contributed by atoms with E-state index in [0.717, 1.165) is 21.3 Å². The predicted octanol–water partition coefficient (Wildman–Crippen LogP) is 3.84. The number of fused-ring (bicyclic) bond motifs is 1. The Morgan fingerprint density at radius 3 is 2.71 bits per heavy atom. The second kappa shape index (κ2) is 5.90. The maximum absolute atomic E-state index is 12.5. The zero-order valence-corrected chi connectivity index (χ0v) is 13.4. The number of halogens is 1. The molecule has 1 amide bonds. The Labute approximate surface area is 132 Å². The Hall–Kier alpha value is -1.81. The lowest BCUT2D eigenvalue weighted by molar-refractivity contribution is -0.122. The fourth-order valence-electron chi connectivity index (χ4n) is 2.67. The number of hydrogen-bond donors (Lipinski definition) is 2. The maximum Gasteiger partial charge on any atom is 0.229 e. The highest BCUT2D eigenvalue weighted by Crippen LogP contribution is 2.31. The van der Waals surface area contributed by atoms with E-state index < -0.39 is 0 Å². The molecule has 21 heavy (non-hydrogen) atoms. The van der Waals surface area contributed by atoms with Crippen LogP contribution in [0.15, 0.2) is 53.0 Å². The van der Waals surface area contributed by atoms with Gasteiger partial charge in [0.25, 0.3) is 0 Å². The molecule has 1 aliphatic heterocycles. The van der Waals surface area contributed by atoms with E-state index in [9.17, 15) is 4.79 Å². The highest BCUT2D eigenvalue weighted by atomic mass is 79.9. The Bertz CT molecular complexity index is 654. The predicted molar refractivity (Wildman–Crippen MR) is 88.4 cm³/mol. The molecule has 2 aromatic carbocycles. The molecule has 0 spiro atoms. The van der Waals surface area contributed by atoms with E-state index in [-0.39, 0.29) is 17.9 Å². The summed E-state index contributed by atoms with van der Waals surface area (Å²) in [6.45, 7) is 2.67. The molecule has 0 bridgehead atoms. The zero-order valence-electron chi connectivity index (χ0n) is 11.8. The van der Waals surface area contributed by atoms with Gasteiger partial charge in [0.05, 0.1) is 12.0 Å². The fraction of sp³-hybridized carbons (Fsp3) is 0.235. The molecule has 3 rings (SSSR count). The van der Waals surface area contributed by atoms with Crippen molar-refractivity contribution < 1.29 is 4.79 Å². The fourth-order valence-corrected chi connectivity index (χ4v) is 2.93. The van der Waals surface area contributed by atoms with E-state index in [1.165, 1.54) is 0 Å². The van der Waals surface area contributed by atoms with Crippen molar-refractivity contribution >= 4 is 27.5 Å². The number of carbonyl (C=O) groups is 1. The van der Waals surface area contributed by atoms with Crippen LogP contribution in [0.3, 0.4) is 0 Å². The maximum atomic E-state index is 12.5. The lowest BCUT2D eigenvalue weighted by Gasteiger charge is -2.17. The van der Waals surface area contributed by atoms with Gasteiger partial charge >= 0.3 is 0 Å². The molecule has 1 unspecified atom stereocenters. The van der Waals surface area contributed by atoms with Crippen LogP contribution in [0, 0.1) is 0 Å². The SMILES string of the molecule is C[C@@H](NC(=O)C1CNc2ccccc21)c1ccc(Br)cc1. The van der Waals surface area contributed by atoms with E-state index in [1.807, 2.05) is 55.5 Å². The highest BCUT2D eigenvalue weighted by molar-refractivity contribution is 9.10. The molecule has 0 fully saturated rings. The quantitative estimate of drug-likeness (QED) is 0.888. The average Bonchev–Trinajstić information content (AvgIpc) is 2.92. The number of carbonyl (C=O) groups excluding carboxylic acids is 1. The van der Waals surface area contributed by atoms with Gasteiger partial charge in [0.15, 0.2) is 0 Å². The Balaban J connectivity index is 1.71. The molecule has 0 radical (unpaired) electrons. The number of anilines is 1. The van der Waals surface area contributed by atoms with Crippen molar-refractivity contribution in [1.82, 2.24) is 5.32 Å². The first kappa shape index (κ1) is 14.1. The number of benzene rings is 2. The van der Waals surface area contributed by atoms with Crippen LogP contribution in [0.1, 0.15) is 30.0 Å². The minimum atomic E-state index is -0.112. The third-order valence-electron chi connectivity index (χ3n) is 3.88. The first-order valence-corrected chi connectivity index (χ1v) is 7.83. The van der Waals surface area contributed by atoms with Gasteiger partial charge in [-0.1, -0.05) is 46.3 Å².